The summed E-state index contributed by atoms with van der Waals surface area (Å²) in [5.41, 5.74) is 8.90. The monoisotopic (exact) mass is 466 g/mol. The van der Waals surface area contributed by atoms with Crippen molar-refractivity contribution in [2.24, 2.45) is 5.11 Å². The predicted molar refractivity (Wildman–Crippen MR) is 107 cm³/mol. The molecular weight excluding hydrogens is 437 g/mol. The minimum Gasteiger partial charge on any atom is -0.458 e. The van der Waals surface area contributed by atoms with Crippen LogP contribution in [-0.2, 0) is 37.3 Å². The van der Waals surface area contributed by atoms with Crippen molar-refractivity contribution in [3.05, 3.63) is 10.4 Å². The minimum atomic E-state index is -3.14. The van der Waals surface area contributed by atoms with Gasteiger partial charge in [-0.3, -0.25) is 9.59 Å². The van der Waals surface area contributed by atoms with Crippen LogP contribution < -0.4 is 0 Å². The van der Waals surface area contributed by atoms with E-state index in [0.717, 1.165) is 13.8 Å². The molecule has 0 aromatic carbocycles. The first-order valence-corrected chi connectivity index (χ1v) is 13.2. The number of carbonyl (C=O) groups excluding carboxylic acids is 2. The number of hydrogen-bond donors (Lipinski definition) is 1. The SMILES string of the molecule is CC(=O)O[C@H]1C(CO[Si](C)(C)C(C)(C)C)O[C@H](O[P+](=O)O)C(N=[N+]=[N-])[C@@H]1OC(C)=O. The Bertz CT molecular complexity index is 709. The zero-order valence-corrected chi connectivity index (χ0v) is 20.0. The van der Waals surface area contributed by atoms with Gasteiger partial charge in [-0.05, 0) is 23.7 Å². The molecule has 0 radical (unpaired) electrons. The molecule has 170 valence electrons. The van der Waals surface area contributed by atoms with Crippen LogP contribution in [0.3, 0.4) is 0 Å². The van der Waals surface area contributed by atoms with Crippen LogP contribution in [0, 0.1) is 0 Å². The van der Waals surface area contributed by atoms with Gasteiger partial charge in [-0.1, -0.05) is 30.4 Å². The highest BCUT2D eigenvalue weighted by Crippen LogP contribution is 2.38. The van der Waals surface area contributed by atoms with E-state index in [1.54, 1.807) is 0 Å². The molecule has 0 spiro atoms. The molecule has 0 aliphatic carbocycles. The van der Waals surface area contributed by atoms with Crippen LogP contribution in [0.25, 0.3) is 10.4 Å². The Balaban J connectivity index is 3.33. The van der Waals surface area contributed by atoms with E-state index in [1.807, 2.05) is 33.9 Å². The molecular formula is C16H29N3O9PSi+. The molecule has 14 heteroatoms. The number of ether oxygens (including phenoxy) is 3. The van der Waals surface area contributed by atoms with Gasteiger partial charge in [-0.15, -0.1) is 4.89 Å². The van der Waals surface area contributed by atoms with Crippen LogP contribution in [-0.4, -0.2) is 62.4 Å². The summed E-state index contributed by atoms with van der Waals surface area (Å²) in [6, 6.07) is -1.38. The molecule has 30 heavy (non-hydrogen) atoms. The Labute approximate surface area is 176 Å². The first-order valence-electron chi connectivity index (χ1n) is 9.20. The van der Waals surface area contributed by atoms with Crippen molar-refractivity contribution in [1.82, 2.24) is 0 Å². The topological polar surface area (TPSA) is 166 Å². The van der Waals surface area contributed by atoms with Gasteiger partial charge in [-0.25, -0.2) is 0 Å². The van der Waals surface area contributed by atoms with E-state index in [-0.39, 0.29) is 11.6 Å². The summed E-state index contributed by atoms with van der Waals surface area (Å²) in [7, 11) is -5.40. The van der Waals surface area contributed by atoms with E-state index in [0.29, 0.717) is 0 Å². The summed E-state index contributed by atoms with van der Waals surface area (Å²) in [6.45, 7) is 12.3. The summed E-state index contributed by atoms with van der Waals surface area (Å²) in [6.07, 6.45) is -5.05. The van der Waals surface area contributed by atoms with Gasteiger partial charge in [0.25, 0.3) is 0 Å². The van der Waals surface area contributed by atoms with Crippen molar-refractivity contribution in [2.75, 3.05) is 6.61 Å². The lowest BCUT2D eigenvalue weighted by Gasteiger charge is -2.43. The Morgan fingerprint density at radius 2 is 1.73 bits per heavy atom. The summed E-state index contributed by atoms with van der Waals surface area (Å²) in [5, 5.41) is 3.35. The van der Waals surface area contributed by atoms with Gasteiger partial charge in [0, 0.05) is 23.3 Å². The molecule has 3 unspecified atom stereocenters. The van der Waals surface area contributed by atoms with Crippen LogP contribution in [0.1, 0.15) is 34.6 Å². The Kier molecular flexibility index (Phi) is 9.37. The number of nitrogens with zero attached hydrogens (tertiary/aromatic N) is 3. The molecule has 1 saturated heterocycles. The van der Waals surface area contributed by atoms with Gasteiger partial charge in [0.05, 0.1) is 6.61 Å². The van der Waals surface area contributed by atoms with Crippen molar-refractivity contribution < 1.29 is 42.2 Å². The molecule has 0 saturated carbocycles. The highest BCUT2D eigenvalue weighted by molar-refractivity contribution is 7.32. The van der Waals surface area contributed by atoms with E-state index in [2.05, 4.69) is 10.0 Å². The molecule has 6 atom stereocenters. The fraction of sp³-hybridized carbons (Fsp3) is 0.875. The average molecular weight is 466 g/mol. The molecule has 0 bridgehead atoms. The highest BCUT2D eigenvalue weighted by atomic mass is 31.1. The van der Waals surface area contributed by atoms with Gasteiger partial charge in [0.15, 0.2) is 20.5 Å². The van der Waals surface area contributed by atoms with Crippen molar-refractivity contribution in [1.29, 1.82) is 0 Å². The van der Waals surface area contributed by atoms with Gasteiger partial charge < -0.3 is 18.6 Å². The van der Waals surface area contributed by atoms with Crippen molar-refractivity contribution in [3.8, 4) is 0 Å². The lowest BCUT2D eigenvalue weighted by Crippen LogP contribution is -2.61. The lowest BCUT2D eigenvalue weighted by atomic mass is 9.97. The summed E-state index contributed by atoms with van der Waals surface area (Å²) in [5.74, 6) is -1.43. The first-order chi connectivity index (χ1) is 13.7. The van der Waals surface area contributed by atoms with E-state index in [4.69, 9.17) is 28.7 Å². The number of rotatable bonds is 8. The average Bonchev–Trinajstić information content (AvgIpc) is 2.56. The molecule has 1 aliphatic rings. The molecule has 1 aliphatic heterocycles. The third kappa shape index (κ3) is 7.27. The Morgan fingerprint density at radius 1 is 1.20 bits per heavy atom. The molecule has 1 N–H and O–H groups in total. The van der Waals surface area contributed by atoms with Crippen LogP contribution >= 0.6 is 8.25 Å². The minimum absolute atomic E-state index is 0.0722. The predicted octanol–water partition coefficient (Wildman–Crippen LogP) is 2.94. The second-order valence-electron chi connectivity index (χ2n) is 8.30. The number of carbonyl (C=O) groups is 2. The van der Waals surface area contributed by atoms with Gasteiger partial charge in [0.2, 0.25) is 6.29 Å². The maximum absolute atomic E-state index is 11.7. The fourth-order valence-corrected chi connectivity index (χ4v) is 3.92. The molecule has 0 amide bonds. The van der Waals surface area contributed by atoms with Crippen LogP contribution in [0.2, 0.25) is 18.1 Å². The van der Waals surface area contributed by atoms with E-state index < -0.39 is 59.2 Å². The van der Waals surface area contributed by atoms with Crippen LogP contribution in [0.15, 0.2) is 5.11 Å². The molecule has 12 nitrogen and oxygen atoms in total. The van der Waals surface area contributed by atoms with Crippen molar-refractivity contribution in [3.63, 3.8) is 0 Å². The number of hydrogen-bond acceptors (Lipinski definition) is 9. The lowest BCUT2D eigenvalue weighted by molar-refractivity contribution is -0.250. The number of esters is 2. The standard InChI is InChI=1S/C16H28N3O9PSi/c1-9(20)25-13-11(8-24-30(6,7)16(3,4)5)27-15(28-29(22)23)12(18-19-17)14(13)26-10(2)21/h11-15H,8H2,1-7H3/p+1/t11?,12?,13-,14-,15+/m0/s1. The quantitative estimate of drug-likeness (QED) is 0.141. The summed E-state index contributed by atoms with van der Waals surface area (Å²) in [4.78, 5) is 35.2. The fourth-order valence-electron chi connectivity index (χ4n) is 2.55. The Morgan fingerprint density at radius 3 is 2.17 bits per heavy atom. The second kappa shape index (κ2) is 10.6. The molecule has 1 heterocycles. The molecule has 1 fully saturated rings. The molecule has 0 aromatic rings. The first kappa shape index (κ1) is 26.4. The van der Waals surface area contributed by atoms with Crippen molar-refractivity contribution >= 4 is 28.5 Å². The molecule has 0 aromatic heterocycles. The smallest absolute Gasteiger partial charge is 0.458 e. The maximum atomic E-state index is 11.7. The zero-order chi connectivity index (χ0) is 23.3. The summed E-state index contributed by atoms with van der Waals surface area (Å²) < 4.78 is 38.5. The van der Waals surface area contributed by atoms with E-state index >= 15 is 0 Å². The van der Waals surface area contributed by atoms with Gasteiger partial charge >= 0.3 is 20.2 Å². The van der Waals surface area contributed by atoms with Crippen molar-refractivity contribution in [2.45, 2.75) is 83.4 Å². The third-order valence-electron chi connectivity index (χ3n) is 5.01. The van der Waals surface area contributed by atoms with Crippen LogP contribution in [0.5, 0.6) is 0 Å². The third-order valence-corrected chi connectivity index (χ3v) is 9.90. The Hall–Kier alpha value is -1.59. The van der Waals surface area contributed by atoms with E-state index in [9.17, 15) is 19.0 Å². The maximum Gasteiger partial charge on any atom is 0.697 e. The highest BCUT2D eigenvalue weighted by Gasteiger charge is 2.53. The van der Waals surface area contributed by atoms with E-state index in [1.165, 1.54) is 0 Å². The zero-order valence-electron chi connectivity index (χ0n) is 18.1. The van der Waals surface area contributed by atoms with Crippen LogP contribution in [0.4, 0.5) is 0 Å². The molecule has 1 rings (SSSR count). The van der Waals surface area contributed by atoms with Gasteiger partial charge in [0.1, 0.15) is 12.1 Å². The number of azide groups is 1. The normalized spacial score (nSPS) is 27.6. The summed E-state index contributed by atoms with van der Waals surface area (Å²) >= 11 is 0. The second-order valence-corrected chi connectivity index (χ2v) is 13.8. The van der Waals surface area contributed by atoms with Gasteiger partial charge in [-0.2, -0.15) is 0 Å². The largest absolute Gasteiger partial charge is 0.697 e.